The molecule has 2 unspecified atom stereocenters. The average Bonchev–Trinajstić information content (AvgIpc) is 2.22. The van der Waals surface area contributed by atoms with Crippen molar-refractivity contribution >= 4 is 5.78 Å². The second kappa shape index (κ2) is 6.23. The maximum atomic E-state index is 11.4. The molecule has 88 valence electrons. The molecule has 0 aromatic heterocycles. The minimum Gasteiger partial charge on any atom is -0.383 e. The molecule has 0 amide bonds. The quantitative estimate of drug-likeness (QED) is 0.696. The van der Waals surface area contributed by atoms with Crippen molar-refractivity contribution in [2.24, 2.45) is 5.92 Å². The predicted octanol–water partition coefficient (Wildman–Crippen LogP) is 1.71. The van der Waals surface area contributed by atoms with E-state index >= 15 is 0 Å². The van der Waals surface area contributed by atoms with Crippen LogP contribution in [-0.4, -0.2) is 43.5 Å². The van der Waals surface area contributed by atoms with Gasteiger partial charge in [-0.25, -0.2) is 0 Å². The fourth-order valence-corrected chi connectivity index (χ4v) is 2.27. The number of Topliss-reactive ketones (excluding diaryl/α,β-unsaturated/α-hetero) is 1. The molecule has 1 aliphatic rings. The summed E-state index contributed by atoms with van der Waals surface area (Å²) >= 11 is 0. The lowest BCUT2D eigenvalue weighted by Crippen LogP contribution is -2.47. The van der Waals surface area contributed by atoms with Crippen LogP contribution in [-0.2, 0) is 9.53 Å². The molecule has 1 heterocycles. The number of rotatable bonds is 5. The molecule has 0 aromatic rings. The largest absolute Gasteiger partial charge is 0.383 e. The molecule has 1 fully saturated rings. The lowest BCUT2D eigenvalue weighted by Gasteiger charge is -2.36. The molecule has 0 saturated carbocycles. The highest BCUT2D eigenvalue weighted by Crippen LogP contribution is 2.17. The Morgan fingerprint density at radius 3 is 2.87 bits per heavy atom. The predicted molar refractivity (Wildman–Crippen MR) is 60.9 cm³/mol. The van der Waals surface area contributed by atoms with E-state index < -0.39 is 0 Å². The van der Waals surface area contributed by atoms with Gasteiger partial charge in [0.2, 0.25) is 0 Å². The summed E-state index contributed by atoms with van der Waals surface area (Å²) in [5.74, 6) is 0.619. The van der Waals surface area contributed by atoms with Gasteiger partial charge in [0.15, 0.2) is 0 Å². The van der Waals surface area contributed by atoms with E-state index in [1.54, 1.807) is 7.11 Å². The number of hydrogen-bond acceptors (Lipinski definition) is 3. The van der Waals surface area contributed by atoms with E-state index in [9.17, 15) is 4.79 Å². The Labute approximate surface area is 92.8 Å². The standard InChI is InChI=1S/C12H23NO2/c1-4-5-11(9-15-3)13-7-6-12(14)10(2)8-13/h10-11H,4-9H2,1-3H3. The van der Waals surface area contributed by atoms with Gasteiger partial charge in [-0.1, -0.05) is 20.3 Å². The van der Waals surface area contributed by atoms with Crippen molar-refractivity contribution in [2.75, 3.05) is 26.8 Å². The van der Waals surface area contributed by atoms with E-state index in [1.807, 2.05) is 6.92 Å². The lowest BCUT2D eigenvalue weighted by atomic mass is 9.96. The van der Waals surface area contributed by atoms with Gasteiger partial charge < -0.3 is 4.74 Å². The summed E-state index contributed by atoms with van der Waals surface area (Å²) in [5, 5.41) is 0. The molecule has 3 nitrogen and oxygen atoms in total. The number of methoxy groups -OCH3 is 1. The van der Waals surface area contributed by atoms with Crippen LogP contribution < -0.4 is 0 Å². The molecule has 15 heavy (non-hydrogen) atoms. The molecule has 0 bridgehead atoms. The summed E-state index contributed by atoms with van der Waals surface area (Å²) in [5.41, 5.74) is 0. The summed E-state index contributed by atoms with van der Waals surface area (Å²) in [6, 6.07) is 0.496. The Bertz CT molecular complexity index is 200. The number of hydrogen-bond donors (Lipinski definition) is 0. The molecule has 0 N–H and O–H groups in total. The van der Waals surface area contributed by atoms with Crippen molar-refractivity contribution in [2.45, 2.75) is 39.2 Å². The third-order valence-electron chi connectivity index (χ3n) is 3.20. The number of ether oxygens (including phenoxy) is 1. The van der Waals surface area contributed by atoms with Crippen LogP contribution in [0, 0.1) is 5.92 Å². The fraction of sp³-hybridized carbons (Fsp3) is 0.917. The summed E-state index contributed by atoms with van der Waals surface area (Å²) in [6.45, 7) is 6.84. The van der Waals surface area contributed by atoms with Gasteiger partial charge in [0.25, 0.3) is 0 Å². The molecule has 0 spiro atoms. The molecule has 1 rings (SSSR count). The Morgan fingerprint density at radius 1 is 1.60 bits per heavy atom. The van der Waals surface area contributed by atoms with E-state index in [0.717, 1.165) is 26.1 Å². The Hall–Kier alpha value is -0.410. The Kier molecular flexibility index (Phi) is 5.26. The van der Waals surface area contributed by atoms with Crippen LogP contribution in [0.3, 0.4) is 0 Å². The van der Waals surface area contributed by atoms with Gasteiger partial charge in [-0.05, 0) is 6.42 Å². The first-order chi connectivity index (χ1) is 7.19. The van der Waals surface area contributed by atoms with Crippen LogP contribution in [0.15, 0.2) is 0 Å². The highest BCUT2D eigenvalue weighted by Gasteiger charge is 2.27. The van der Waals surface area contributed by atoms with Crippen molar-refractivity contribution in [3.8, 4) is 0 Å². The molecule has 2 atom stereocenters. The van der Waals surface area contributed by atoms with E-state index in [4.69, 9.17) is 4.74 Å². The first kappa shape index (κ1) is 12.7. The van der Waals surface area contributed by atoms with Crippen molar-refractivity contribution in [3.05, 3.63) is 0 Å². The van der Waals surface area contributed by atoms with E-state index in [2.05, 4.69) is 11.8 Å². The van der Waals surface area contributed by atoms with Crippen molar-refractivity contribution in [1.29, 1.82) is 0 Å². The van der Waals surface area contributed by atoms with Crippen LogP contribution in [0.4, 0.5) is 0 Å². The molecule has 1 saturated heterocycles. The topological polar surface area (TPSA) is 29.5 Å². The van der Waals surface area contributed by atoms with E-state index in [-0.39, 0.29) is 5.92 Å². The monoisotopic (exact) mass is 213 g/mol. The third-order valence-corrected chi connectivity index (χ3v) is 3.20. The average molecular weight is 213 g/mol. The smallest absolute Gasteiger partial charge is 0.138 e. The van der Waals surface area contributed by atoms with Gasteiger partial charge >= 0.3 is 0 Å². The molecule has 0 radical (unpaired) electrons. The second-order valence-electron chi connectivity index (χ2n) is 4.51. The van der Waals surface area contributed by atoms with Crippen molar-refractivity contribution < 1.29 is 9.53 Å². The van der Waals surface area contributed by atoms with Crippen molar-refractivity contribution in [1.82, 2.24) is 4.90 Å². The second-order valence-corrected chi connectivity index (χ2v) is 4.51. The summed E-state index contributed by atoms with van der Waals surface area (Å²) < 4.78 is 5.25. The first-order valence-electron chi connectivity index (χ1n) is 5.94. The van der Waals surface area contributed by atoms with Crippen LogP contribution in [0.1, 0.15) is 33.1 Å². The third kappa shape index (κ3) is 3.58. The van der Waals surface area contributed by atoms with E-state index in [1.165, 1.54) is 6.42 Å². The SMILES string of the molecule is CCCC(COC)N1CCC(=O)C(C)C1. The van der Waals surface area contributed by atoms with Gasteiger partial charge in [0, 0.05) is 38.6 Å². The number of carbonyl (C=O) groups excluding carboxylic acids is 1. The van der Waals surface area contributed by atoms with Crippen LogP contribution in [0.2, 0.25) is 0 Å². The highest BCUT2D eigenvalue weighted by atomic mass is 16.5. The Balaban J connectivity index is 2.48. The zero-order valence-corrected chi connectivity index (χ0v) is 10.2. The Morgan fingerprint density at radius 2 is 2.33 bits per heavy atom. The number of carbonyl (C=O) groups is 1. The molecular formula is C12H23NO2. The van der Waals surface area contributed by atoms with Crippen molar-refractivity contribution in [3.63, 3.8) is 0 Å². The molecule has 3 heteroatoms. The minimum atomic E-state index is 0.204. The first-order valence-corrected chi connectivity index (χ1v) is 5.94. The van der Waals surface area contributed by atoms with Gasteiger partial charge in [-0.2, -0.15) is 0 Å². The molecule has 1 aliphatic heterocycles. The fourth-order valence-electron chi connectivity index (χ4n) is 2.27. The zero-order valence-electron chi connectivity index (χ0n) is 10.2. The number of ketones is 1. The van der Waals surface area contributed by atoms with Gasteiger partial charge in [0.1, 0.15) is 5.78 Å². The number of likely N-dealkylation sites (tertiary alicyclic amines) is 1. The van der Waals surface area contributed by atoms with E-state index in [0.29, 0.717) is 18.2 Å². The maximum Gasteiger partial charge on any atom is 0.138 e. The normalized spacial score (nSPS) is 25.5. The van der Waals surface area contributed by atoms with Gasteiger partial charge in [0.05, 0.1) is 6.61 Å². The zero-order chi connectivity index (χ0) is 11.3. The molecule has 0 aliphatic carbocycles. The van der Waals surface area contributed by atoms with Crippen LogP contribution >= 0.6 is 0 Å². The maximum absolute atomic E-state index is 11.4. The molecular weight excluding hydrogens is 190 g/mol. The minimum absolute atomic E-state index is 0.204. The number of piperidine rings is 1. The van der Waals surface area contributed by atoms with Crippen LogP contribution in [0.5, 0.6) is 0 Å². The summed E-state index contributed by atoms with van der Waals surface area (Å²) in [7, 11) is 1.75. The molecule has 0 aromatic carbocycles. The lowest BCUT2D eigenvalue weighted by molar-refractivity contribution is -0.126. The number of nitrogens with zero attached hydrogens (tertiary/aromatic N) is 1. The highest BCUT2D eigenvalue weighted by molar-refractivity contribution is 5.81. The summed E-state index contributed by atoms with van der Waals surface area (Å²) in [4.78, 5) is 13.8. The summed E-state index contributed by atoms with van der Waals surface area (Å²) in [6.07, 6.45) is 3.05. The van der Waals surface area contributed by atoms with Gasteiger partial charge in [-0.3, -0.25) is 9.69 Å². The van der Waals surface area contributed by atoms with Crippen LogP contribution in [0.25, 0.3) is 0 Å². The van der Waals surface area contributed by atoms with Gasteiger partial charge in [-0.15, -0.1) is 0 Å².